The SMILES string of the molecule is CN(c1cccc(CN)c1)S(=O)(=O)CC(C)(C)C. The van der Waals surface area contributed by atoms with Gasteiger partial charge in [0.25, 0.3) is 0 Å². The molecule has 2 N–H and O–H groups in total. The maximum Gasteiger partial charge on any atom is 0.235 e. The minimum Gasteiger partial charge on any atom is -0.326 e. The zero-order chi connectivity index (χ0) is 14.0. The number of nitrogens with two attached hydrogens (primary N) is 1. The first kappa shape index (κ1) is 15.0. The van der Waals surface area contributed by atoms with Gasteiger partial charge in [0, 0.05) is 13.6 Å². The largest absolute Gasteiger partial charge is 0.326 e. The van der Waals surface area contributed by atoms with E-state index in [4.69, 9.17) is 5.73 Å². The number of hydrogen-bond donors (Lipinski definition) is 1. The van der Waals surface area contributed by atoms with Gasteiger partial charge >= 0.3 is 0 Å². The Hall–Kier alpha value is -1.07. The molecule has 1 aromatic carbocycles. The minimum absolute atomic E-state index is 0.114. The van der Waals surface area contributed by atoms with Crippen molar-refractivity contribution in [1.29, 1.82) is 0 Å². The number of sulfonamides is 1. The minimum atomic E-state index is -3.30. The van der Waals surface area contributed by atoms with Crippen LogP contribution < -0.4 is 10.0 Å². The predicted molar refractivity (Wildman–Crippen MR) is 76.0 cm³/mol. The van der Waals surface area contributed by atoms with E-state index in [2.05, 4.69) is 0 Å². The molecular formula is C13H22N2O2S. The van der Waals surface area contributed by atoms with Crippen molar-refractivity contribution in [3.63, 3.8) is 0 Å². The van der Waals surface area contributed by atoms with Crippen molar-refractivity contribution >= 4 is 15.7 Å². The molecule has 0 bridgehead atoms. The summed E-state index contributed by atoms with van der Waals surface area (Å²) in [4.78, 5) is 0. The first-order chi connectivity index (χ1) is 8.15. The normalized spacial score (nSPS) is 12.5. The van der Waals surface area contributed by atoms with E-state index in [1.54, 1.807) is 19.2 Å². The number of anilines is 1. The van der Waals surface area contributed by atoms with Crippen LogP contribution in [0.4, 0.5) is 5.69 Å². The van der Waals surface area contributed by atoms with E-state index in [1.807, 2.05) is 32.9 Å². The van der Waals surface area contributed by atoms with Crippen molar-refractivity contribution < 1.29 is 8.42 Å². The first-order valence-electron chi connectivity index (χ1n) is 5.91. The Balaban J connectivity index is 3.02. The van der Waals surface area contributed by atoms with Gasteiger partial charge < -0.3 is 5.73 Å². The van der Waals surface area contributed by atoms with Crippen LogP contribution in [0, 0.1) is 5.41 Å². The van der Waals surface area contributed by atoms with Crippen molar-refractivity contribution in [1.82, 2.24) is 0 Å². The third kappa shape index (κ3) is 3.99. The lowest BCUT2D eigenvalue weighted by Crippen LogP contribution is -2.34. The van der Waals surface area contributed by atoms with Gasteiger partial charge in [-0.25, -0.2) is 8.42 Å². The zero-order valence-corrected chi connectivity index (χ0v) is 12.3. The number of nitrogens with zero attached hydrogens (tertiary/aromatic N) is 1. The van der Waals surface area contributed by atoms with Gasteiger partial charge in [-0.1, -0.05) is 32.9 Å². The van der Waals surface area contributed by atoms with Crippen LogP contribution in [0.25, 0.3) is 0 Å². The second-order valence-corrected chi connectivity index (χ2v) is 7.66. The van der Waals surface area contributed by atoms with E-state index in [1.165, 1.54) is 4.31 Å². The Morgan fingerprint density at radius 2 is 1.89 bits per heavy atom. The van der Waals surface area contributed by atoms with Crippen molar-refractivity contribution in [2.75, 3.05) is 17.1 Å². The van der Waals surface area contributed by atoms with Gasteiger partial charge in [0.05, 0.1) is 11.4 Å². The highest BCUT2D eigenvalue weighted by molar-refractivity contribution is 7.92. The Morgan fingerprint density at radius 1 is 1.28 bits per heavy atom. The first-order valence-corrected chi connectivity index (χ1v) is 7.52. The molecule has 0 amide bonds. The molecule has 0 fully saturated rings. The van der Waals surface area contributed by atoms with Gasteiger partial charge in [0.15, 0.2) is 0 Å². The molecule has 102 valence electrons. The van der Waals surface area contributed by atoms with E-state index in [0.29, 0.717) is 12.2 Å². The molecule has 18 heavy (non-hydrogen) atoms. The molecule has 0 spiro atoms. The molecule has 0 unspecified atom stereocenters. The van der Waals surface area contributed by atoms with Crippen LogP contribution in [0.5, 0.6) is 0 Å². The molecule has 0 aliphatic carbocycles. The summed E-state index contributed by atoms with van der Waals surface area (Å²) in [7, 11) is -1.72. The Labute approximate surface area is 110 Å². The highest BCUT2D eigenvalue weighted by Gasteiger charge is 2.25. The average molecular weight is 270 g/mol. The molecule has 1 aromatic rings. The van der Waals surface area contributed by atoms with Crippen molar-refractivity contribution in [2.45, 2.75) is 27.3 Å². The number of hydrogen-bond acceptors (Lipinski definition) is 3. The summed E-state index contributed by atoms with van der Waals surface area (Å²) < 4.78 is 25.8. The van der Waals surface area contributed by atoms with E-state index in [-0.39, 0.29) is 11.2 Å². The maximum atomic E-state index is 12.2. The van der Waals surface area contributed by atoms with E-state index < -0.39 is 10.0 Å². The Morgan fingerprint density at radius 3 is 2.39 bits per heavy atom. The molecule has 0 atom stereocenters. The fourth-order valence-electron chi connectivity index (χ4n) is 1.68. The van der Waals surface area contributed by atoms with Crippen LogP contribution in [-0.2, 0) is 16.6 Å². The molecule has 0 aliphatic heterocycles. The van der Waals surface area contributed by atoms with Gasteiger partial charge in [-0.05, 0) is 23.1 Å². The average Bonchev–Trinajstić information content (AvgIpc) is 2.25. The predicted octanol–water partition coefficient (Wildman–Crippen LogP) is 1.96. The van der Waals surface area contributed by atoms with Crippen LogP contribution in [0.15, 0.2) is 24.3 Å². The van der Waals surface area contributed by atoms with Gasteiger partial charge in [-0.2, -0.15) is 0 Å². The summed E-state index contributed by atoms with van der Waals surface area (Å²) in [5.74, 6) is 0.114. The van der Waals surface area contributed by atoms with Crippen molar-refractivity contribution in [3.8, 4) is 0 Å². The highest BCUT2D eigenvalue weighted by Crippen LogP contribution is 2.23. The molecular weight excluding hydrogens is 248 g/mol. The summed E-state index contributed by atoms with van der Waals surface area (Å²) in [6.45, 7) is 6.14. The quantitative estimate of drug-likeness (QED) is 0.909. The number of benzene rings is 1. The molecule has 0 aliphatic rings. The molecule has 0 aromatic heterocycles. The maximum absolute atomic E-state index is 12.2. The lowest BCUT2D eigenvalue weighted by molar-refractivity contribution is 0.461. The van der Waals surface area contributed by atoms with E-state index in [9.17, 15) is 8.42 Å². The van der Waals surface area contributed by atoms with Crippen LogP contribution in [0.3, 0.4) is 0 Å². The fraction of sp³-hybridized carbons (Fsp3) is 0.538. The smallest absolute Gasteiger partial charge is 0.235 e. The van der Waals surface area contributed by atoms with E-state index in [0.717, 1.165) is 5.56 Å². The summed E-state index contributed by atoms with van der Waals surface area (Å²) in [6.07, 6.45) is 0. The highest BCUT2D eigenvalue weighted by atomic mass is 32.2. The Bertz CT molecular complexity index is 504. The molecule has 0 saturated heterocycles. The van der Waals surface area contributed by atoms with Gasteiger partial charge in [0.2, 0.25) is 10.0 Å². The van der Waals surface area contributed by atoms with Gasteiger partial charge in [-0.15, -0.1) is 0 Å². The van der Waals surface area contributed by atoms with Gasteiger partial charge in [-0.3, -0.25) is 4.31 Å². The molecule has 5 heteroatoms. The van der Waals surface area contributed by atoms with Crippen molar-refractivity contribution in [2.24, 2.45) is 11.1 Å². The van der Waals surface area contributed by atoms with Crippen LogP contribution in [-0.4, -0.2) is 21.2 Å². The Kier molecular flexibility index (Phi) is 4.40. The molecule has 0 radical (unpaired) electrons. The summed E-state index contributed by atoms with van der Waals surface area (Å²) in [5, 5.41) is 0. The zero-order valence-electron chi connectivity index (χ0n) is 11.5. The molecule has 0 heterocycles. The van der Waals surface area contributed by atoms with E-state index >= 15 is 0 Å². The second kappa shape index (κ2) is 5.28. The summed E-state index contributed by atoms with van der Waals surface area (Å²) in [6, 6.07) is 7.29. The molecule has 1 rings (SSSR count). The van der Waals surface area contributed by atoms with Crippen LogP contribution in [0.2, 0.25) is 0 Å². The topological polar surface area (TPSA) is 63.4 Å². The number of rotatable bonds is 4. The third-order valence-electron chi connectivity index (χ3n) is 2.54. The van der Waals surface area contributed by atoms with Gasteiger partial charge in [0.1, 0.15) is 0 Å². The molecule has 0 saturated carbocycles. The molecule has 4 nitrogen and oxygen atoms in total. The second-order valence-electron chi connectivity index (χ2n) is 5.66. The lowest BCUT2D eigenvalue weighted by Gasteiger charge is -2.25. The summed E-state index contributed by atoms with van der Waals surface area (Å²) >= 11 is 0. The third-order valence-corrected chi connectivity index (χ3v) is 4.82. The summed E-state index contributed by atoms with van der Waals surface area (Å²) in [5.41, 5.74) is 6.87. The van der Waals surface area contributed by atoms with Crippen LogP contribution >= 0.6 is 0 Å². The van der Waals surface area contributed by atoms with Crippen molar-refractivity contribution in [3.05, 3.63) is 29.8 Å². The monoisotopic (exact) mass is 270 g/mol. The standard InChI is InChI=1S/C13H22N2O2S/c1-13(2,3)10-18(16,17)15(4)12-7-5-6-11(8-12)9-14/h5-8H,9-10,14H2,1-4H3. The lowest BCUT2D eigenvalue weighted by atomic mass is 10.0. The fourth-order valence-corrected chi connectivity index (χ4v) is 3.41. The van der Waals surface area contributed by atoms with Crippen LogP contribution in [0.1, 0.15) is 26.3 Å².